The first-order valence-corrected chi connectivity index (χ1v) is 22.9. The molecule has 9 nitrogen and oxygen atoms in total. The molecule has 324 valence electrons. The van der Waals surface area contributed by atoms with E-state index in [-0.39, 0.29) is 0 Å². The van der Waals surface area contributed by atoms with Gasteiger partial charge in [-0.3, -0.25) is 13.7 Å². The molecule has 0 unspecified atom stereocenters. The van der Waals surface area contributed by atoms with Gasteiger partial charge in [-0.1, -0.05) is 127 Å². The van der Waals surface area contributed by atoms with Crippen LogP contribution in [0.2, 0.25) is 0 Å². The summed E-state index contributed by atoms with van der Waals surface area (Å²) in [6, 6.07) is 80.8. The molecule has 13 aromatic rings. The van der Waals surface area contributed by atoms with Crippen molar-refractivity contribution in [1.29, 1.82) is 0 Å². The molecule has 0 N–H and O–H groups in total. The van der Waals surface area contributed by atoms with Crippen LogP contribution in [0, 0.1) is 0 Å². The average molecular weight is 886 g/mol. The highest BCUT2D eigenvalue weighted by Gasteiger charge is 2.19. The number of hydrogen-bond acceptors (Lipinski definition) is 6. The first kappa shape index (κ1) is 39.7. The first-order chi connectivity index (χ1) is 34.2. The minimum Gasteiger partial charge on any atom is -0.292 e. The van der Waals surface area contributed by atoms with E-state index in [1.54, 1.807) is 0 Å². The second kappa shape index (κ2) is 16.7. The number of nitrogens with zero attached hydrogens (tertiary/aromatic N) is 9. The topological polar surface area (TPSA) is 92.1 Å². The van der Waals surface area contributed by atoms with Gasteiger partial charge >= 0.3 is 0 Å². The summed E-state index contributed by atoms with van der Waals surface area (Å²) in [6.45, 7) is 0. The van der Waals surface area contributed by atoms with Crippen LogP contribution in [0.15, 0.2) is 237 Å². The summed E-state index contributed by atoms with van der Waals surface area (Å²) in [5.41, 5.74) is 14.5. The molecule has 13 rings (SSSR count). The maximum atomic E-state index is 5.18. The quantitative estimate of drug-likeness (QED) is 0.143. The van der Waals surface area contributed by atoms with E-state index in [1.807, 2.05) is 72.8 Å². The molecule has 0 fully saturated rings. The van der Waals surface area contributed by atoms with Crippen molar-refractivity contribution in [2.45, 2.75) is 0 Å². The fraction of sp³-hybridized carbons (Fsp3) is 0. The highest BCUT2D eigenvalue weighted by Crippen LogP contribution is 2.34. The highest BCUT2D eigenvalue weighted by molar-refractivity contribution is 5.86. The van der Waals surface area contributed by atoms with E-state index in [1.165, 1.54) is 0 Å². The molecule has 69 heavy (non-hydrogen) atoms. The van der Waals surface area contributed by atoms with Crippen molar-refractivity contribution >= 4 is 33.1 Å². The van der Waals surface area contributed by atoms with Crippen LogP contribution in [-0.4, -0.2) is 43.6 Å². The molecule has 0 atom stereocenters. The Bertz CT molecular complexity index is 3540. The molecule has 0 spiro atoms. The zero-order valence-corrected chi connectivity index (χ0v) is 37.0. The van der Waals surface area contributed by atoms with Crippen LogP contribution in [0.3, 0.4) is 0 Å². The summed E-state index contributed by atoms with van der Waals surface area (Å²) in [6.07, 6.45) is 0. The third-order valence-electron chi connectivity index (χ3n) is 12.6. The third kappa shape index (κ3) is 7.13. The zero-order valence-electron chi connectivity index (χ0n) is 37.0. The van der Waals surface area contributed by atoms with E-state index < -0.39 is 0 Å². The van der Waals surface area contributed by atoms with E-state index in [4.69, 9.17) is 29.9 Å². The Hall–Kier alpha value is -9.60. The molecule has 0 amide bonds. The van der Waals surface area contributed by atoms with Crippen molar-refractivity contribution in [3.63, 3.8) is 0 Å². The van der Waals surface area contributed by atoms with Gasteiger partial charge in [-0.25, -0.2) is 29.9 Å². The Balaban J connectivity index is 0.924. The van der Waals surface area contributed by atoms with E-state index in [0.29, 0.717) is 17.5 Å². The molecule has 9 aromatic carbocycles. The van der Waals surface area contributed by atoms with Crippen molar-refractivity contribution in [2.75, 3.05) is 0 Å². The van der Waals surface area contributed by atoms with Crippen LogP contribution < -0.4 is 0 Å². The van der Waals surface area contributed by atoms with Crippen LogP contribution in [-0.2, 0) is 0 Å². The van der Waals surface area contributed by atoms with Crippen LogP contribution >= 0.6 is 0 Å². The normalized spacial score (nSPS) is 11.5. The molecule has 9 heteroatoms. The summed E-state index contributed by atoms with van der Waals surface area (Å²) < 4.78 is 6.63. The summed E-state index contributed by atoms with van der Waals surface area (Å²) >= 11 is 0. The van der Waals surface area contributed by atoms with Crippen LogP contribution in [0.1, 0.15) is 0 Å². The second-order valence-corrected chi connectivity index (χ2v) is 16.8. The van der Waals surface area contributed by atoms with Crippen molar-refractivity contribution in [1.82, 2.24) is 43.6 Å². The van der Waals surface area contributed by atoms with E-state index >= 15 is 0 Å². The molecule has 0 radical (unpaired) electrons. The SMILES string of the molecule is c1ccc(-c2nc3ccccc3n2-c2ccc(-c3nc(-c4ccc(-n5c(-c6ccccc6)nc6ccccc65)cc4)nc(-c4ccc(-n5c(-c6ccccc6)nc6ccccc65)cc4)n3)cc2)cc1. The van der Waals surface area contributed by atoms with Gasteiger partial charge in [0.05, 0.1) is 33.1 Å². The Labute approximate surface area is 397 Å². The summed E-state index contributed by atoms with van der Waals surface area (Å²) in [4.78, 5) is 30.7. The molecule has 0 aliphatic rings. The number of imidazole rings is 3. The van der Waals surface area contributed by atoms with Gasteiger partial charge in [-0.05, 0) is 109 Å². The Morgan fingerprint density at radius 2 is 0.449 bits per heavy atom. The number of fused-ring (bicyclic) bond motifs is 3. The van der Waals surface area contributed by atoms with Crippen molar-refractivity contribution in [3.8, 4) is 85.4 Å². The van der Waals surface area contributed by atoms with E-state index in [9.17, 15) is 0 Å². The summed E-state index contributed by atoms with van der Waals surface area (Å²) in [7, 11) is 0. The van der Waals surface area contributed by atoms with Gasteiger partial charge in [-0.2, -0.15) is 0 Å². The largest absolute Gasteiger partial charge is 0.292 e. The zero-order chi connectivity index (χ0) is 45.7. The van der Waals surface area contributed by atoms with Gasteiger partial charge in [0.25, 0.3) is 0 Å². The molecule has 4 heterocycles. The van der Waals surface area contributed by atoms with Crippen molar-refractivity contribution < 1.29 is 0 Å². The Morgan fingerprint density at radius 3 is 0.725 bits per heavy atom. The second-order valence-electron chi connectivity index (χ2n) is 16.8. The van der Waals surface area contributed by atoms with Gasteiger partial charge in [0.2, 0.25) is 0 Å². The smallest absolute Gasteiger partial charge is 0.164 e. The fourth-order valence-electron chi connectivity index (χ4n) is 9.25. The maximum Gasteiger partial charge on any atom is 0.164 e. The standard InChI is InChI=1S/C60H39N9/c1-4-16-43(17-5-1)58-61-49-22-10-13-25-52(49)67(58)46-34-28-40(29-35-46)55-64-56(41-30-36-47(37-31-41)68-53-26-14-11-23-50(53)62-59(68)44-18-6-2-7-19-44)66-57(65-55)42-32-38-48(39-33-42)69-54-27-15-12-24-51(54)63-60(69)45-20-8-3-9-21-45/h1-39H. The molecule has 0 aliphatic heterocycles. The number of hydrogen-bond donors (Lipinski definition) is 0. The van der Waals surface area contributed by atoms with Gasteiger partial charge < -0.3 is 0 Å². The lowest BCUT2D eigenvalue weighted by Crippen LogP contribution is -2.02. The van der Waals surface area contributed by atoms with Gasteiger partial charge in [-0.15, -0.1) is 0 Å². The van der Waals surface area contributed by atoms with Crippen LogP contribution in [0.4, 0.5) is 0 Å². The maximum absolute atomic E-state index is 5.18. The average Bonchev–Trinajstić information content (AvgIpc) is 4.14. The number of aromatic nitrogens is 9. The number of rotatable bonds is 9. The predicted octanol–water partition coefficient (Wildman–Crippen LogP) is 13.9. The number of para-hydroxylation sites is 6. The minimum absolute atomic E-state index is 0.562. The molecule has 0 aliphatic carbocycles. The molecule has 4 aromatic heterocycles. The lowest BCUT2D eigenvalue weighted by atomic mass is 10.1. The van der Waals surface area contributed by atoms with Gasteiger partial charge in [0.15, 0.2) is 17.5 Å². The van der Waals surface area contributed by atoms with Gasteiger partial charge in [0.1, 0.15) is 17.5 Å². The molecule has 0 saturated heterocycles. The lowest BCUT2D eigenvalue weighted by Gasteiger charge is -2.13. The summed E-state index contributed by atoms with van der Waals surface area (Å²) in [5.74, 6) is 4.31. The highest BCUT2D eigenvalue weighted by atomic mass is 15.1. The number of benzene rings is 9. The predicted molar refractivity (Wildman–Crippen MR) is 276 cm³/mol. The van der Waals surface area contributed by atoms with E-state index in [2.05, 4.69) is 177 Å². The summed E-state index contributed by atoms with van der Waals surface area (Å²) in [5, 5.41) is 0. The third-order valence-corrected chi connectivity index (χ3v) is 12.6. The molecular weight excluding hydrogens is 847 g/mol. The van der Waals surface area contributed by atoms with E-state index in [0.717, 1.165) is 101 Å². The van der Waals surface area contributed by atoms with Crippen molar-refractivity contribution in [2.24, 2.45) is 0 Å². The molecular formula is C60H39N9. The molecule has 0 saturated carbocycles. The minimum atomic E-state index is 0.562. The monoisotopic (exact) mass is 885 g/mol. The Kier molecular flexibility index (Phi) is 9.61. The van der Waals surface area contributed by atoms with Crippen LogP contribution in [0.25, 0.3) is 118 Å². The fourth-order valence-corrected chi connectivity index (χ4v) is 9.25. The first-order valence-electron chi connectivity index (χ1n) is 22.9. The van der Waals surface area contributed by atoms with Crippen molar-refractivity contribution in [3.05, 3.63) is 237 Å². The lowest BCUT2D eigenvalue weighted by molar-refractivity contribution is 1.06. The molecule has 0 bridgehead atoms. The van der Waals surface area contributed by atoms with Gasteiger partial charge in [0, 0.05) is 50.4 Å². The van der Waals surface area contributed by atoms with Crippen LogP contribution in [0.5, 0.6) is 0 Å². The Morgan fingerprint density at radius 1 is 0.203 bits per heavy atom.